The molecule has 0 aromatic rings. The summed E-state index contributed by atoms with van der Waals surface area (Å²) in [5.41, 5.74) is -0.639. The van der Waals surface area contributed by atoms with Gasteiger partial charge >= 0.3 is 12.1 Å². The number of carbonyl (C=O) groups excluding carboxylic acids is 2. The molecule has 0 saturated carbocycles. The highest BCUT2D eigenvalue weighted by atomic mass is 16.6. The molecule has 0 aliphatic heterocycles. The van der Waals surface area contributed by atoms with E-state index in [-0.39, 0.29) is 13.0 Å². The molecular formula is C13H25NO5. The molecule has 0 aromatic carbocycles. The highest BCUT2D eigenvalue weighted by Gasteiger charge is 2.24. The van der Waals surface area contributed by atoms with Gasteiger partial charge in [0.25, 0.3) is 0 Å². The normalized spacial score (nSPS) is 12.7. The van der Waals surface area contributed by atoms with E-state index >= 15 is 0 Å². The number of nitrogens with one attached hydrogen (secondary N) is 1. The van der Waals surface area contributed by atoms with Crippen LogP contribution in [0.2, 0.25) is 0 Å². The van der Waals surface area contributed by atoms with Crippen molar-refractivity contribution in [2.45, 2.75) is 58.6 Å². The molecule has 0 bridgehead atoms. The molecule has 0 radical (unpaired) electrons. The molecule has 1 unspecified atom stereocenters. The smallest absolute Gasteiger partial charge is 0.408 e. The number of alkyl carbamates (subject to hydrolysis) is 1. The number of aliphatic hydroxyl groups excluding tert-OH is 1. The molecule has 6 nitrogen and oxygen atoms in total. The second kappa shape index (κ2) is 8.74. The second-order valence-corrected chi connectivity index (χ2v) is 5.23. The lowest BCUT2D eigenvalue weighted by atomic mass is 10.2. The van der Waals surface area contributed by atoms with E-state index < -0.39 is 23.7 Å². The number of esters is 1. The topological polar surface area (TPSA) is 84.9 Å². The number of carbonyl (C=O) groups is 2. The Morgan fingerprint density at radius 1 is 1.32 bits per heavy atom. The second-order valence-electron chi connectivity index (χ2n) is 5.23. The van der Waals surface area contributed by atoms with E-state index in [1.165, 1.54) is 0 Å². The third kappa shape index (κ3) is 9.30. The Kier molecular flexibility index (Phi) is 8.14. The average molecular weight is 275 g/mol. The van der Waals surface area contributed by atoms with Gasteiger partial charge in [-0.15, -0.1) is 0 Å². The molecule has 0 rings (SSSR count). The van der Waals surface area contributed by atoms with E-state index in [1.54, 1.807) is 20.8 Å². The van der Waals surface area contributed by atoms with Crippen molar-refractivity contribution in [1.82, 2.24) is 5.32 Å². The number of hydrogen-bond donors (Lipinski definition) is 2. The van der Waals surface area contributed by atoms with E-state index in [0.29, 0.717) is 6.61 Å². The van der Waals surface area contributed by atoms with Gasteiger partial charge in [-0.1, -0.05) is 13.3 Å². The lowest BCUT2D eigenvalue weighted by molar-refractivity contribution is -0.146. The van der Waals surface area contributed by atoms with Crippen molar-refractivity contribution < 1.29 is 24.2 Å². The number of amides is 1. The summed E-state index contributed by atoms with van der Waals surface area (Å²) in [7, 11) is 0. The van der Waals surface area contributed by atoms with E-state index in [0.717, 1.165) is 12.8 Å². The molecule has 0 fully saturated rings. The average Bonchev–Trinajstić information content (AvgIpc) is 2.26. The minimum atomic E-state index is -0.878. The predicted molar refractivity (Wildman–Crippen MR) is 70.7 cm³/mol. The zero-order valence-electron chi connectivity index (χ0n) is 12.2. The van der Waals surface area contributed by atoms with Crippen molar-refractivity contribution in [3.63, 3.8) is 0 Å². The quantitative estimate of drug-likeness (QED) is 0.544. The van der Waals surface area contributed by atoms with Crippen LogP contribution in [0.1, 0.15) is 47.0 Å². The molecule has 1 amide bonds. The third-order valence-corrected chi connectivity index (χ3v) is 2.14. The van der Waals surface area contributed by atoms with Gasteiger partial charge in [0.15, 0.2) is 0 Å². The standard InChI is InChI=1S/C13H25NO5/c1-5-6-9-18-11(16)10(7-8-15)14-12(17)19-13(2,3)4/h10,15H,5-9H2,1-4H3,(H,14,17). The van der Waals surface area contributed by atoms with Gasteiger partial charge in [-0.2, -0.15) is 0 Å². The lowest BCUT2D eigenvalue weighted by Crippen LogP contribution is -2.44. The van der Waals surface area contributed by atoms with Crippen LogP contribution in [-0.4, -0.2) is 42.0 Å². The van der Waals surface area contributed by atoms with Gasteiger partial charge in [-0.25, -0.2) is 9.59 Å². The molecule has 0 spiro atoms. The van der Waals surface area contributed by atoms with Crippen molar-refractivity contribution in [3.05, 3.63) is 0 Å². The first-order chi connectivity index (χ1) is 8.80. The fourth-order valence-electron chi connectivity index (χ4n) is 1.25. The number of unbranched alkanes of at least 4 members (excludes halogenated alkanes) is 1. The zero-order chi connectivity index (χ0) is 14.9. The summed E-state index contributed by atoms with van der Waals surface area (Å²) in [4.78, 5) is 23.3. The van der Waals surface area contributed by atoms with Crippen LogP contribution in [0.4, 0.5) is 4.79 Å². The number of aliphatic hydroxyl groups is 1. The van der Waals surface area contributed by atoms with E-state index in [4.69, 9.17) is 14.6 Å². The Morgan fingerprint density at radius 3 is 2.42 bits per heavy atom. The summed E-state index contributed by atoms with van der Waals surface area (Å²) in [5, 5.41) is 11.3. The Morgan fingerprint density at radius 2 is 1.95 bits per heavy atom. The number of hydrogen-bond acceptors (Lipinski definition) is 5. The monoisotopic (exact) mass is 275 g/mol. The predicted octanol–water partition coefficient (Wildman–Crippen LogP) is 1.61. The van der Waals surface area contributed by atoms with Crippen molar-refractivity contribution in [3.8, 4) is 0 Å². The highest BCUT2D eigenvalue weighted by Crippen LogP contribution is 2.07. The highest BCUT2D eigenvalue weighted by molar-refractivity contribution is 5.81. The van der Waals surface area contributed by atoms with Gasteiger partial charge in [0.1, 0.15) is 11.6 Å². The molecule has 19 heavy (non-hydrogen) atoms. The summed E-state index contributed by atoms with van der Waals surface area (Å²) in [6.07, 6.45) is 1.09. The largest absolute Gasteiger partial charge is 0.464 e. The maximum absolute atomic E-state index is 11.7. The van der Waals surface area contributed by atoms with Gasteiger partial charge in [0, 0.05) is 13.0 Å². The lowest BCUT2D eigenvalue weighted by Gasteiger charge is -2.22. The van der Waals surface area contributed by atoms with Crippen LogP contribution in [0, 0.1) is 0 Å². The maximum atomic E-state index is 11.7. The molecule has 0 aliphatic rings. The molecule has 1 atom stereocenters. The molecule has 112 valence electrons. The molecule has 0 aliphatic carbocycles. The van der Waals surface area contributed by atoms with Gasteiger partial charge < -0.3 is 19.9 Å². The zero-order valence-corrected chi connectivity index (χ0v) is 12.2. The minimum absolute atomic E-state index is 0.101. The molecule has 6 heteroatoms. The molecule has 0 aromatic heterocycles. The summed E-state index contributed by atoms with van der Waals surface area (Å²) in [5.74, 6) is -0.548. The van der Waals surface area contributed by atoms with Gasteiger partial charge in [-0.3, -0.25) is 0 Å². The number of ether oxygens (including phenoxy) is 2. The fourth-order valence-corrected chi connectivity index (χ4v) is 1.25. The van der Waals surface area contributed by atoms with Crippen molar-refractivity contribution in [2.75, 3.05) is 13.2 Å². The van der Waals surface area contributed by atoms with Gasteiger partial charge in [0.05, 0.1) is 6.61 Å². The van der Waals surface area contributed by atoms with Gasteiger partial charge in [0.2, 0.25) is 0 Å². The maximum Gasteiger partial charge on any atom is 0.408 e. The van der Waals surface area contributed by atoms with Crippen LogP contribution in [0.5, 0.6) is 0 Å². The SMILES string of the molecule is CCCCOC(=O)C(CCO)NC(=O)OC(C)(C)C. The van der Waals surface area contributed by atoms with E-state index in [2.05, 4.69) is 5.32 Å². The van der Waals surface area contributed by atoms with Crippen molar-refractivity contribution in [1.29, 1.82) is 0 Å². The van der Waals surface area contributed by atoms with Crippen molar-refractivity contribution in [2.24, 2.45) is 0 Å². The van der Waals surface area contributed by atoms with E-state index in [9.17, 15) is 9.59 Å². The molecule has 0 saturated heterocycles. The van der Waals surface area contributed by atoms with Crippen molar-refractivity contribution >= 4 is 12.1 Å². The van der Waals surface area contributed by atoms with Crippen LogP contribution in [0.3, 0.4) is 0 Å². The van der Waals surface area contributed by atoms with Crippen LogP contribution in [-0.2, 0) is 14.3 Å². The van der Waals surface area contributed by atoms with E-state index in [1.807, 2.05) is 6.92 Å². The van der Waals surface area contributed by atoms with Crippen LogP contribution in [0.15, 0.2) is 0 Å². The van der Waals surface area contributed by atoms with Crippen LogP contribution in [0.25, 0.3) is 0 Å². The summed E-state index contributed by atoms with van der Waals surface area (Å²) in [6, 6.07) is -0.878. The first-order valence-corrected chi connectivity index (χ1v) is 6.57. The fraction of sp³-hybridized carbons (Fsp3) is 0.846. The molecule has 0 heterocycles. The molecular weight excluding hydrogens is 250 g/mol. The Labute approximate surface area is 114 Å². The van der Waals surface area contributed by atoms with Crippen LogP contribution >= 0.6 is 0 Å². The summed E-state index contributed by atoms with van der Waals surface area (Å²) in [6.45, 7) is 7.27. The first kappa shape index (κ1) is 17.7. The Balaban J connectivity index is 4.31. The Bertz CT molecular complexity index is 285. The Hall–Kier alpha value is -1.30. The molecule has 2 N–H and O–H groups in total. The third-order valence-electron chi connectivity index (χ3n) is 2.14. The summed E-state index contributed by atoms with van der Waals surface area (Å²) < 4.78 is 10.1. The first-order valence-electron chi connectivity index (χ1n) is 6.57. The number of rotatable bonds is 7. The van der Waals surface area contributed by atoms with Gasteiger partial charge in [-0.05, 0) is 27.2 Å². The summed E-state index contributed by atoms with van der Waals surface area (Å²) >= 11 is 0. The van der Waals surface area contributed by atoms with Crippen LogP contribution < -0.4 is 5.32 Å². The minimum Gasteiger partial charge on any atom is -0.464 e.